The lowest BCUT2D eigenvalue weighted by molar-refractivity contribution is -0.144. The van der Waals surface area contributed by atoms with E-state index in [0.717, 1.165) is 11.8 Å². The first kappa shape index (κ1) is 13.0. The van der Waals surface area contributed by atoms with Crippen molar-refractivity contribution in [3.8, 4) is 0 Å². The standard InChI is InChI=1S/C13H15NO3/c1-13(2,10-14-16)17-12(15)9-8-11-6-4-3-5-7-11/h3-10,16H,1-2H3/b9-8+,14-10+. The summed E-state index contributed by atoms with van der Waals surface area (Å²) in [4.78, 5) is 11.5. The number of carbonyl (C=O) groups is 1. The van der Waals surface area contributed by atoms with Crippen molar-refractivity contribution in [3.05, 3.63) is 42.0 Å². The molecule has 4 heteroatoms. The molecule has 1 N–H and O–H groups in total. The first-order valence-corrected chi connectivity index (χ1v) is 5.18. The van der Waals surface area contributed by atoms with Crippen LogP contribution in [-0.4, -0.2) is 23.0 Å². The van der Waals surface area contributed by atoms with Crippen LogP contribution in [-0.2, 0) is 9.53 Å². The van der Waals surface area contributed by atoms with Crippen molar-refractivity contribution in [2.75, 3.05) is 0 Å². The fourth-order valence-electron chi connectivity index (χ4n) is 1.19. The lowest BCUT2D eigenvalue weighted by atomic mass is 10.1. The number of hydrogen-bond donors (Lipinski definition) is 1. The summed E-state index contributed by atoms with van der Waals surface area (Å²) in [5.41, 5.74) is -0.00886. The second kappa shape index (κ2) is 5.84. The number of hydrogen-bond acceptors (Lipinski definition) is 4. The number of benzene rings is 1. The molecule has 0 aliphatic rings. The molecule has 0 amide bonds. The highest BCUT2D eigenvalue weighted by Gasteiger charge is 2.19. The molecule has 0 unspecified atom stereocenters. The van der Waals surface area contributed by atoms with Crippen molar-refractivity contribution < 1.29 is 14.7 Å². The Balaban J connectivity index is 2.59. The fourth-order valence-corrected chi connectivity index (χ4v) is 1.19. The molecule has 0 aliphatic carbocycles. The van der Waals surface area contributed by atoms with Gasteiger partial charge < -0.3 is 9.94 Å². The second-order valence-corrected chi connectivity index (χ2v) is 4.01. The summed E-state index contributed by atoms with van der Waals surface area (Å²) in [6, 6.07) is 9.42. The van der Waals surface area contributed by atoms with Crippen LogP contribution in [0.3, 0.4) is 0 Å². The minimum absolute atomic E-state index is 0.487. The van der Waals surface area contributed by atoms with Crippen LogP contribution < -0.4 is 0 Å². The Kier molecular flexibility index (Phi) is 4.46. The van der Waals surface area contributed by atoms with E-state index in [2.05, 4.69) is 5.16 Å². The normalized spacial score (nSPS) is 12.1. The molecule has 1 rings (SSSR count). The zero-order valence-electron chi connectivity index (χ0n) is 9.83. The van der Waals surface area contributed by atoms with Crippen LogP contribution in [0, 0.1) is 0 Å². The van der Waals surface area contributed by atoms with Gasteiger partial charge in [0.1, 0.15) is 5.60 Å². The van der Waals surface area contributed by atoms with Crippen LogP contribution in [0.15, 0.2) is 41.6 Å². The van der Waals surface area contributed by atoms with Gasteiger partial charge in [-0.15, -0.1) is 0 Å². The Morgan fingerprint density at radius 2 is 2.00 bits per heavy atom. The van der Waals surface area contributed by atoms with Gasteiger partial charge in [0.2, 0.25) is 0 Å². The molecule has 0 atom stereocenters. The Hall–Kier alpha value is -2.10. The summed E-state index contributed by atoms with van der Waals surface area (Å²) in [6.45, 7) is 3.25. The predicted octanol–water partition coefficient (Wildman–Crippen LogP) is 2.48. The lowest BCUT2D eigenvalue weighted by Crippen LogP contribution is -2.28. The molecule has 0 heterocycles. The minimum atomic E-state index is -0.924. The summed E-state index contributed by atoms with van der Waals surface area (Å²) in [7, 11) is 0. The molecule has 0 fully saturated rings. The highest BCUT2D eigenvalue weighted by Crippen LogP contribution is 2.08. The van der Waals surface area contributed by atoms with Gasteiger partial charge in [-0.1, -0.05) is 35.5 Å². The molecule has 1 aromatic rings. The van der Waals surface area contributed by atoms with E-state index < -0.39 is 11.6 Å². The van der Waals surface area contributed by atoms with Gasteiger partial charge in [0, 0.05) is 6.08 Å². The van der Waals surface area contributed by atoms with Crippen LogP contribution >= 0.6 is 0 Å². The van der Waals surface area contributed by atoms with E-state index in [0.29, 0.717) is 0 Å². The summed E-state index contributed by atoms with van der Waals surface area (Å²) in [6.07, 6.45) is 4.15. The average Bonchev–Trinajstić information content (AvgIpc) is 2.27. The third-order valence-corrected chi connectivity index (χ3v) is 1.94. The molecule has 0 aromatic heterocycles. The summed E-state index contributed by atoms with van der Waals surface area (Å²) < 4.78 is 5.06. The fraction of sp³-hybridized carbons (Fsp3) is 0.231. The van der Waals surface area contributed by atoms with E-state index in [9.17, 15) is 4.79 Å². The van der Waals surface area contributed by atoms with Crippen LogP contribution in [0.5, 0.6) is 0 Å². The molecule has 0 spiro atoms. The SMILES string of the molecule is CC(C)(/C=N/O)OC(=O)/C=C/c1ccccc1. The van der Waals surface area contributed by atoms with E-state index in [1.54, 1.807) is 19.9 Å². The average molecular weight is 233 g/mol. The van der Waals surface area contributed by atoms with Crippen LogP contribution in [0.25, 0.3) is 6.08 Å². The molecule has 90 valence electrons. The topological polar surface area (TPSA) is 58.9 Å². The zero-order chi connectivity index (χ0) is 12.7. The first-order chi connectivity index (χ1) is 8.03. The number of esters is 1. The van der Waals surface area contributed by atoms with Crippen molar-refractivity contribution >= 4 is 18.3 Å². The summed E-state index contributed by atoms with van der Waals surface area (Å²) in [5, 5.41) is 11.2. The van der Waals surface area contributed by atoms with Crippen molar-refractivity contribution in [1.82, 2.24) is 0 Å². The summed E-state index contributed by atoms with van der Waals surface area (Å²) >= 11 is 0. The monoisotopic (exact) mass is 233 g/mol. The maximum Gasteiger partial charge on any atom is 0.331 e. The van der Waals surface area contributed by atoms with Crippen molar-refractivity contribution in [2.24, 2.45) is 5.16 Å². The predicted molar refractivity (Wildman–Crippen MR) is 65.9 cm³/mol. The quantitative estimate of drug-likeness (QED) is 0.286. The van der Waals surface area contributed by atoms with Gasteiger partial charge >= 0.3 is 5.97 Å². The van der Waals surface area contributed by atoms with E-state index in [4.69, 9.17) is 9.94 Å². The largest absolute Gasteiger partial charge is 0.450 e. The molecule has 0 saturated heterocycles. The Labute approximate surface area is 100 Å². The van der Waals surface area contributed by atoms with Crippen molar-refractivity contribution in [2.45, 2.75) is 19.4 Å². The number of carbonyl (C=O) groups excluding carboxylic acids is 1. The zero-order valence-corrected chi connectivity index (χ0v) is 9.83. The van der Waals surface area contributed by atoms with Crippen molar-refractivity contribution in [3.63, 3.8) is 0 Å². The van der Waals surface area contributed by atoms with Gasteiger partial charge in [-0.25, -0.2) is 4.79 Å². The molecule has 1 aromatic carbocycles. The minimum Gasteiger partial charge on any atom is -0.450 e. The lowest BCUT2D eigenvalue weighted by Gasteiger charge is -2.18. The van der Waals surface area contributed by atoms with Gasteiger partial charge in [-0.3, -0.25) is 0 Å². The van der Waals surface area contributed by atoms with Gasteiger partial charge in [-0.05, 0) is 25.5 Å². The Morgan fingerprint density at radius 1 is 1.35 bits per heavy atom. The van der Waals surface area contributed by atoms with Gasteiger partial charge in [0.15, 0.2) is 0 Å². The molecule has 17 heavy (non-hydrogen) atoms. The van der Waals surface area contributed by atoms with Gasteiger partial charge in [-0.2, -0.15) is 0 Å². The highest BCUT2D eigenvalue weighted by molar-refractivity contribution is 5.88. The van der Waals surface area contributed by atoms with Crippen LogP contribution in [0.1, 0.15) is 19.4 Å². The van der Waals surface area contributed by atoms with E-state index in [-0.39, 0.29) is 0 Å². The van der Waals surface area contributed by atoms with Gasteiger partial charge in [0.25, 0.3) is 0 Å². The Morgan fingerprint density at radius 3 is 2.59 bits per heavy atom. The van der Waals surface area contributed by atoms with Crippen molar-refractivity contribution in [1.29, 1.82) is 0 Å². The molecular weight excluding hydrogens is 218 g/mol. The maximum absolute atomic E-state index is 11.5. The van der Waals surface area contributed by atoms with E-state index in [1.807, 2.05) is 30.3 Å². The summed E-state index contributed by atoms with van der Waals surface area (Å²) in [5.74, 6) is -0.487. The first-order valence-electron chi connectivity index (χ1n) is 5.18. The second-order valence-electron chi connectivity index (χ2n) is 4.01. The molecule has 4 nitrogen and oxygen atoms in total. The molecule has 0 bridgehead atoms. The van der Waals surface area contributed by atoms with Gasteiger partial charge in [0.05, 0.1) is 6.21 Å². The van der Waals surface area contributed by atoms with E-state index in [1.165, 1.54) is 6.08 Å². The molecular formula is C13H15NO3. The number of nitrogens with zero attached hydrogens (tertiary/aromatic N) is 1. The molecule has 0 radical (unpaired) electrons. The Bertz CT molecular complexity index is 422. The number of oxime groups is 1. The molecule has 0 saturated carbocycles. The van der Waals surface area contributed by atoms with Crippen LogP contribution in [0.2, 0.25) is 0 Å². The number of rotatable bonds is 4. The number of ether oxygens (including phenoxy) is 1. The smallest absolute Gasteiger partial charge is 0.331 e. The highest BCUT2D eigenvalue weighted by atomic mass is 16.6. The maximum atomic E-state index is 11.5. The third-order valence-electron chi connectivity index (χ3n) is 1.94. The van der Waals surface area contributed by atoms with Crippen LogP contribution in [0.4, 0.5) is 0 Å². The third kappa shape index (κ3) is 4.97. The molecule has 0 aliphatic heterocycles. The van der Waals surface area contributed by atoms with E-state index >= 15 is 0 Å².